The van der Waals surface area contributed by atoms with E-state index in [0.717, 1.165) is 43.1 Å². The van der Waals surface area contributed by atoms with E-state index in [-0.39, 0.29) is 23.3 Å². The van der Waals surface area contributed by atoms with Crippen LogP contribution in [-0.4, -0.2) is 42.1 Å². The van der Waals surface area contributed by atoms with E-state index < -0.39 is 11.7 Å². The van der Waals surface area contributed by atoms with Crippen LogP contribution in [0.25, 0.3) is 0 Å². The van der Waals surface area contributed by atoms with Gasteiger partial charge in [0, 0.05) is 37.8 Å². The Morgan fingerprint density at radius 1 is 1.03 bits per heavy atom. The second-order valence-electron chi connectivity index (χ2n) is 9.76. The second-order valence-corrected chi connectivity index (χ2v) is 9.76. The fourth-order valence-corrected chi connectivity index (χ4v) is 5.13. The van der Waals surface area contributed by atoms with Gasteiger partial charge in [-0.15, -0.1) is 0 Å². The van der Waals surface area contributed by atoms with Gasteiger partial charge in [-0.25, -0.2) is 23.1 Å². The van der Waals surface area contributed by atoms with E-state index in [1.165, 1.54) is 18.5 Å². The molecule has 2 saturated heterocycles. The van der Waals surface area contributed by atoms with Crippen LogP contribution in [0.3, 0.4) is 0 Å². The molecule has 1 N–H and O–H groups in total. The van der Waals surface area contributed by atoms with Gasteiger partial charge in [0.05, 0.1) is 18.3 Å². The summed E-state index contributed by atoms with van der Waals surface area (Å²) in [5.74, 6) is -3.05. The van der Waals surface area contributed by atoms with Gasteiger partial charge in [0.15, 0.2) is 11.6 Å². The lowest BCUT2D eigenvalue weighted by atomic mass is 10.0. The number of anilines is 2. The van der Waals surface area contributed by atoms with Gasteiger partial charge in [-0.1, -0.05) is 36.4 Å². The van der Waals surface area contributed by atoms with Gasteiger partial charge < -0.3 is 15.1 Å². The van der Waals surface area contributed by atoms with Crippen LogP contribution in [0.4, 0.5) is 24.7 Å². The third-order valence-corrected chi connectivity index (χ3v) is 7.16. The summed E-state index contributed by atoms with van der Waals surface area (Å²) in [6.07, 6.45) is 4.09. The first-order valence-electron chi connectivity index (χ1n) is 12.6. The highest BCUT2D eigenvalue weighted by atomic mass is 19.3. The fourth-order valence-electron chi connectivity index (χ4n) is 5.13. The lowest BCUT2D eigenvalue weighted by Crippen LogP contribution is -2.47. The SMILES string of the molecule is CC(F)(F)c1ccc(C2CCCN2c2ncnc(CCc3ccc(N4CCNC(=O)C4)cc3)c2F)cc1. The minimum atomic E-state index is -2.90. The predicted octanol–water partition coefficient (Wildman–Crippen LogP) is 4.79. The molecule has 1 unspecified atom stereocenters. The number of alkyl halides is 2. The number of hydrogen-bond acceptors (Lipinski definition) is 5. The Balaban J connectivity index is 1.27. The van der Waals surface area contributed by atoms with E-state index in [1.807, 2.05) is 34.1 Å². The van der Waals surface area contributed by atoms with Crippen LogP contribution in [0, 0.1) is 5.82 Å². The normalized spacial score (nSPS) is 18.3. The molecule has 0 spiro atoms. The topological polar surface area (TPSA) is 61.4 Å². The monoisotopic (exact) mass is 509 g/mol. The van der Waals surface area contributed by atoms with E-state index in [2.05, 4.69) is 15.3 Å². The molecular formula is C28H30F3N5O. The minimum Gasteiger partial charge on any atom is -0.360 e. The summed E-state index contributed by atoms with van der Waals surface area (Å²) in [5, 5.41) is 2.82. The van der Waals surface area contributed by atoms with Crippen LogP contribution < -0.4 is 15.1 Å². The highest BCUT2D eigenvalue weighted by molar-refractivity contribution is 5.82. The first kappa shape index (κ1) is 25.0. The molecule has 194 valence electrons. The highest BCUT2D eigenvalue weighted by Crippen LogP contribution is 2.37. The van der Waals surface area contributed by atoms with Gasteiger partial charge in [0.25, 0.3) is 5.92 Å². The zero-order valence-electron chi connectivity index (χ0n) is 20.8. The van der Waals surface area contributed by atoms with Crippen molar-refractivity contribution in [2.45, 2.75) is 44.6 Å². The van der Waals surface area contributed by atoms with Crippen LogP contribution in [0.1, 0.15) is 48.2 Å². The number of aromatic nitrogens is 2. The van der Waals surface area contributed by atoms with Crippen molar-refractivity contribution in [1.82, 2.24) is 15.3 Å². The highest BCUT2D eigenvalue weighted by Gasteiger charge is 2.31. The standard InChI is InChI=1S/C28H30F3N5O/c1-28(30,31)21-9-7-20(8-10-21)24-3-2-15-36(24)27-26(29)23(33-18-34-27)13-6-19-4-11-22(12-5-19)35-16-14-32-25(37)17-35/h4-5,7-12,18,24H,2-3,6,13-17H2,1H3,(H,32,37). The number of piperazine rings is 1. The summed E-state index contributed by atoms with van der Waals surface area (Å²) in [6.45, 7) is 3.27. The van der Waals surface area contributed by atoms with E-state index >= 15 is 4.39 Å². The van der Waals surface area contributed by atoms with Crippen LogP contribution in [-0.2, 0) is 23.6 Å². The molecule has 1 aromatic heterocycles. The molecule has 1 amide bonds. The fraction of sp³-hybridized carbons (Fsp3) is 0.393. The van der Waals surface area contributed by atoms with Gasteiger partial charge in [-0.05, 0) is 48.9 Å². The van der Waals surface area contributed by atoms with E-state index in [9.17, 15) is 13.6 Å². The van der Waals surface area contributed by atoms with E-state index in [0.29, 0.717) is 38.2 Å². The third-order valence-electron chi connectivity index (χ3n) is 7.16. The summed E-state index contributed by atoms with van der Waals surface area (Å²) in [7, 11) is 0. The number of amides is 1. The average Bonchev–Trinajstić information content (AvgIpc) is 3.38. The number of carbonyl (C=O) groups excluding carboxylic acids is 1. The van der Waals surface area contributed by atoms with Gasteiger partial charge in [0.1, 0.15) is 6.33 Å². The Morgan fingerprint density at radius 3 is 2.49 bits per heavy atom. The van der Waals surface area contributed by atoms with Gasteiger partial charge in [0.2, 0.25) is 5.91 Å². The zero-order valence-corrected chi connectivity index (χ0v) is 20.8. The summed E-state index contributed by atoms with van der Waals surface area (Å²) in [5.41, 5.74) is 3.23. The maximum atomic E-state index is 15.6. The number of carbonyl (C=O) groups is 1. The Morgan fingerprint density at radius 2 is 1.78 bits per heavy atom. The van der Waals surface area contributed by atoms with Crippen molar-refractivity contribution in [2.24, 2.45) is 0 Å². The minimum absolute atomic E-state index is 0.0186. The molecule has 0 bridgehead atoms. The summed E-state index contributed by atoms with van der Waals surface area (Å²) in [6, 6.07) is 14.2. The largest absolute Gasteiger partial charge is 0.360 e. The molecule has 0 radical (unpaired) electrons. The van der Waals surface area contributed by atoms with Crippen molar-refractivity contribution in [3.8, 4) is 0 Å². The molecular weight excluding hydrogens is 479 g/mol. The van der Waals surface area contributed by atoms with Gasteiger partial charge >= 0.3 is 0 Å². The lowest BCUT2D eigenvalue weighted by Gasteiger charge is -2.28. The summed E-state index contributed by atoms with van der Waals surface area (Å²) >= 11 is 0. The quantitative estimate of drug-likeness (QED) is 0.496. The lowest BCUT2D eigenvalue weighted by molar-refractivity contribution is -0.120. The van der Waals surface area contributed by atoms with Crippen molar-refractivity contribution < 1.29 is 18.0 Å². The molecule has 0 saturated carbocycles. The van der Waals surface area contributed by atoms with E-state index in [1.54, 1.807) is 12.1 Å². The zero-order chi connectivity index (χ0) is 26.0. The Labute approximate surface area is 214 Å². The maximum absolute atomic E-state index is 15.6. The predicted molar refractivity (Wildman–Crippen MR) is 136 cm³/mol. The molecule has 2 aromatic carbocycles. The summed E-state index contributed by atoms with van der Waals surface area (Å²) in [4.78, 5) is 24.1. The third kappa shape index (κ3) is 5.55. The van der Waals surface area contributed by atoms with Crippen LogP contribution in [0.2, 0.25) is 0 Å². The summed E-state index contributed by atoms with van der Waals surface area (Å²) < 4.78 is 42.8. The number of halogens is 3. The molecule has 37 heavy (non-hydrogen) atoms. The van der Waals surface area contributed by atoms with Crippen LogP contribution in [0.15, 0.2) is 54.9 Å². The molecule has 3 heterocycles. The molecule has 2 fully saturated rings. The first-order chi connectivity index (χ1) is 17.8. The maximum Gasteiger partial charge on any atom is 0.270 e. The van der Waals surface area contributed by atoms with Crippen molar-refractivity contribution in [1.29, 1.82) is 0 Å². The van der Waals surface area contributed by atoms with Crippen molar-refractivity contribution in [3.05, 3.63) is 83.1 Å². The first-order valence-corrected chi connectivity index (χ1v) is 12.6. The van der Waals surface area contributed by atoms with Crippen molar-refractivity contribution in [2.75, 3.05) is 36.0 Å². The smallest absolute Gasteiger partial charge is 0.270 e. The van der Waals surface area contributed by atoms with Crippen LogP contribution in [0.5, 0.6) is 0 Å². The number of benzene rings is 2. The number of aryl methyl sites for hydroxylation is 2. The molecule has 3 aromatic rings. The molecule has 2 aliphatic heterocycles. The Kier molecular flexibility index (Phi) is 7.04. The molecule has 1 atom stereocenters. The Bertz CT molecular complexity index is 1240. The molecule has 2 aliphatic rings. The van der Waals surface area contributed by atoms with Gasteiger partial charge in [-0.2, -0.15) is 0 Å². The molecule has 6 nitrogen and oxygen atoms in total. The molecule has 5 rings (SSSR count). The average molecular weight is 510 g/mol. The number of hydrogen-bond donors (Lipinski definition) is 1. The molecule has 9 heteroatoms. The second kappa shape index (κ2) is 10.4. The molecule has 0 aliphatic carbocycles. The number of nitrogens with one attached hydrogen (secondary N) is 1. The number of rotatable bonds is 7. The number of nitrogens with zero attached hydrogens (tertiary/aromatic N) is 4. The van der Waals surface area contributed by atoms with Crippen molar-refractivity contribution in [3.63, 3.8) is 0 Å². The van der Waals surface area contributed by atoms with Crippen molar-refractivity contribution >= 4 is 17.4 Å². The van der Waals surface area contributed by atoms with Gasteiger partial charge in [-0.3, -0.25) is 4.79 Å². The Hall–Kier alpha value is -3.62. The van der Waals surface area contributed by atoms with E-state index in [4.69, 9.17) is 0 Å². The van der Waals surface area contributed by atoms with Crippen LogP contribution >= 0.6 is 0 Å².